The van der Waals surface area contributed by atoms with Crippen molar-refractivity contribution in [3.05, 3.63) is 47.0 Å². The van der Waals surface area contributed by atoms with Crippen LogP contribution in [-0.4, -0.2) is 38.3 Å². The molecule has 0 fully saturated rings. The first-order valence-electron chi connectivity index (χ1n) is 7.87. The Hall–Kier alpha value is -2.50. The van der Waals surface area contributed by atoms with E-state index in [0.29, 0.717) is 30.6 Å². The first-order chi connectivity index (χ1) is 11.0. The summed E-state index contributed by atoms with van der Waals surface area (Å²) in [7, 11) is 0. The van der Waals surface area contributed by atoms with Gasteiger partial charge in [0, 0.05) is 49.2 Å². The third kappa shape index (κ3) is 3.31. The number of rotatable bonds is 3. The first kappa shape index (κ1) is 15.4. The molecule has 23 heavy (non-hydrogen) atoms. The zero-order chi connectivity index (χ0) is 16.4. The Morgan fingerprint density at radius 2 is 2.17 bits per heavy atom. The summed E-state index contributed by atoms with van der Waals surface area (Å²) in [5, 5.41) is 3.24. The minimum absolute atomic E-state index is 0.00697. The van der Waals surface area contributed by atoms with Crippen molar-refractivity contribution in [2.45, 2.75) is 39.8 Å². The van der Waals surface area contributed by atoms with Gasteiger partial charge in [0.25, 0.3) is 5.91 Å². The number of nitrogens with one attached hydrogen (secondary N) is 1. The highest BCUT2D eigenvalue weighted by atomic mass is 16.2. The molecule has 0 saturated heterocycles. The Kier molecular flexibility index (Phi) is 4.23. The standard InChI is InChI=1S/C17H21N5O/c1-11(2)19-17-20-12(3)14-10-22(8-6-15(14)21-17)16(23)13-5-4-7-18-9-13/h4-5,7,9,11H,6,8,10H2,1-3H3,(H,19,20,21). The minimum atomic E-state index is 0.00697. The third-order valence-corrected chi connectivity index (χ3v) is 3.88. The van der Waals surface area contributed by atoms with Crippen LogP contribution in [0.1, 0.15) is 41.2 Å². The summed E-state index contributed by atoms with van der Waals surface area (Å²) in [5.41, 5.74) is 3.65. The van der Waals surface area contributed by atoms with Gasteiger partial charge in [0.05, 0.1) is 11.3 Å². The predicted molar refractivity (Wildman–Crippen MR) is 88.2 cm³/mol. The molecule has 0 aromatic carbocycles. The molecule has 3 heterocycles. The molecule has 0 radical (unpaired) electrons. The second kappa shape index (κ2) is 6.32. The number of aromatic nitrogens is 3. The number of carbonyl (C=O) groups is 1. The molecule has 3 rings (SSSR count). The number of hydrogen-bond donors (Lipinski definition) is 1. The van der Waals surface area contributed by atoms with Crippen LogP contribution in [-0.2, 0) is 13.0 Å². The fourth-order valence-corrected chi connectivity index (χ4v) is 2.75. The van der Waals surface area contributed by atoms with E-state index in [1.165, 1.54) is 0 Å². The van der Waals surface area contributed by atoms with Crippen LogP contribution in [0.5, 0.6) is 0 Å². The maximum atomic E-state index is 12.6. The molecule has 1 amide bonds. The van der Waals surface area contributed by atoms with Crippen molar-refractivity contribution in [3.63, 3.8) is 0 Å². The van der Waals surface area contributed by atoms with Crippen molar-refractivity contribution in [2.75, 3.05) is 11.9 Å². The van der Waals surface area contributed by atoms with E-state index in [4.69, 9.17) is 0 Å². The van der Waals surface area contributed by atoms with Crippen molar-refractivity contribution in [1.29, 1.82) is 0 Å². The minimum Gasteiger partial charge on any atom is -0.352 e. The van der Waals surface area contributed by atoms with E-state index in [1.807, 2.05) is 11.8 Å². The Balaban J connectivity index is 1.82. The lowest BCUT2D eigenvalue weighted by Crippen LogP contribution is -2.37. The number of anilines is 1. The van der Waals surface area contributed by atoms with Gasteiger partial charge in [-0.1, -0.05) is 0 Å². The normalized spacial score (nSPS) is 13.8. The van der Waals surface area contributed by atoms with Gasteiger partial charge in [-0.15, -0.1) is 0 Å². The Morgan fingerprint density at radius 3 is 2.87 bits per heavy atom. The highest BCUT2D eigenvalue weighted by Gasteiger charge is 2.25. The average molecular weight is 311 g/mol. The smallest absolute Gasteiger partial charge is 0.255 e. The lowest BCUT2D eigenvalue weighted by Gasteiger charge is -2.29. The van der Waals surface area contributed by atoms with Gasteiger partial charge in [0.2, 0.25) is 5.95 Å². The number of carbonyl (C=O) groups excluding carboxylic acids is 1. The molecule has 1 aliphatic rings. The summed E-state index contributed by atoms with van der Waals surface area (Å²) in [5.74, 6) is 0.677. The van der Waals surface area contributed by atoms with Gasteiger partial charge in [-0.3, -0.25) is 9.78 Å². The van der Waals surface area contributed by atoms with Gasteiger partial charge < -0.3 is 10.2 Å². The van der Waals surface area contributed by atoms with Crippen LogP contribution in [0.4, 0.5) is 5.95 Å². The van der Waals surface area contributed by atoms with Crippen LogP contribution in [0, 0.1) is 6.92 Å². The van der Waals surface area contributed by atoms with Crippen LogP contribution >= 0.6 is 0 Å². The predicted octanol–water partition coefficient (Wildman–Crippen LogP) is 2.20. The van der Waals surface area contributed by atoms with Crippen LogP contribution in [0.25, 0.3) is 0 Å². The van der Waals surface area contributed by atoms with Crippen molar-refractivity contribution in [1.82, 2.24) is 19.9 Å². The molecule has 6 nitrogen and oxygen atoms in total. The molecule has 2 aromatic rings. The molecule has 0 bridgehead atoms. The Morgan fingerprint density at radius 1 is 1.35 bits per heavy atom. The molecular weight excluding hydrogens is 290 g/mol. The largest absolute Gasteiger partial charge is 0.352 e. The molecular formula is C17H21N5O. The van der Waals surface area contributed by atoms with E-state index >= 15 is 0 Å². The average Bonchev–Trinajstić information content (AvgIpc) is 2.54. The lowest BCUT2D eigenvalue weighted by atomic mass is 10.0. The van der Waals surface area contributed by atoms with E-state index in [0.717, 1.165) is 23.4 Å². The summed E-state index contributed by atoms with van der Waals surface area (Å²) < 4.78 is 0. The summed E-state index contributed by atoms with van der Waals surface area (Å²) in [4.78, 5) is 27.6. The number of nitrogens with zero attached hydrogens (tertiary/aromatic N) is 4. The van der Waals surface area contributed by atoms with Crippen molar-refractivity contribution in [3.8, 4) is 0 Å². The zero-order valence-electron chi connectivity index (χ0n) is 13.7. The molecule has 1 N–H and O–H groups in total. The van der Waals surface area contributed by atoms with Gasteiger partial charge in [-0.05, 0) is 32.9 Å². The van der Waals surface area contributed by atoms with E-state index in [2.05, 4.69) is 34.1 Å². The van der Waals surface area contributed by atoms with Crippen LogP contribution in [0.15, 0.2) is 24.5 Å². The molecule has 0 aliphatic carbocycles. The third-order valence-electron chi connectivity index (χ3n) is 3.88. The van der Waals surface area contributed by atoms with E-state index in [1.54, 1.807) is 24.5 Å². The number of fused-ring (bicyclic) bond motifs is 1. The second-order valence-corrected chi connectivity index (χ2v) is 6.08. The summed E-state index contributed by atoms with van der Waals surface area (Å²) in [6.45, 7) is 7.32. The van der Waals surface area contributed by atoms with Gasteiger partial charge in [-0.2, -0.15) is 0 Å². The molecule has 0 unspecified atom stereocenters. The highest BCUT2D eigenvalue weighted by molar-refractivity contribution is 5.94. The first-order valence-corrected chi connectivity index (χ1v) is 7.87. The van der Waals surface area contributed by atoms with Crippen LogP contribution in [0.2, 0.25) is 0 Å². The van der Waals surface area contributed by atoms with E-state index in [-0.39, 0.29) is 5.91 Å². The Labute approximate surface area is 136 Å². The lowest BCUT2D eigenvalue weighted by molar-refractivity contribution is 0.0732. The molecule has 0 saturated carbocycles. The van der Waals surface area contributed by atoms with Gasteiger partial charge >= 0.3 is 0 Å². The van der Waals surface area contributed by atoms with Gasteiger partial charge in [0.15, 0.2) is 0 Å². The van der Waals surface area contributed by atoms with Crippen molar-refractivity contribution in [2.24, 2.45) is 0 Å². The van der Waals surface area contributed by atoms with E-state index in [9.17, 15) is 4.79 Å². The fraction of sp³-hybridized carbons (Fsp3) is 0.412. The molecule has 1 aliphatic heterocycles. The SMILES string of the molecule is Cc1nc(NC(C)C)nc2c1CN(C(=O)c1cccnc1)CC2. The molecule has 0 atom stereocenters. The summed E-state index contributed by atoms with van der Waals surface area (Å²) >= 11 is 0. The number of pyridine rings is 1. The number of aryl methyl sites for hydroxylation is 1. The molecule has 120 valence electrons. The van der Waals surface area contributed by atoms with Gasteiger partial charge in [-0.25, -0.2) is 9.97 Å². The molecule has 2 aromatic heterocycles. The summed E-state index contributed by atoms with van der Waals surface area (Å²) in [6.07, 6.45) is 4.03. The van der Waals surface area contributed by atoms with Crippen molar-refractivity contribution < 1.29 is 4.79 Å². The zero-order valence-corrected chi connectivity index (χ0v) is 13.7. The maximum absolute atomic E-state index is 12.6. The van der Waals surface area contributed by atoms with Crippen LogP contribution in [0.3, 0.4) is 0 Å². The topological polar surface area (TPSA) is 71.0 Å². The molecule has 6 heteroatoms. The second-order valence-electron chi connectivity index (χ2n) is 6.08. The number of amides is 1. The highest BCUT2D eigenvalue weighted by Crippen LogP contribution is 2.22. The number of hydrogen-bond acceptors (Lipinski definition) is 5. The van der Waals surface area contributed by atoms with E-state index < -0.39 is 0 Å². The quantitative estimate of drug-likeness (QED) is 0.941. The molecule has 0 spiro atoms. The van der Waals surface area contributed by atoms with Crippen molar-refractivity contribution >= 4 is 11.9 Å². The monoisotopic (exact) mass is 311 g/mol. The van der Waals surface area contributed by atoms with Gasteiger partial charge in [0.1, 0.15) is 0 Å². The fourth-order valence-electron chi connectivity index (χ4n) is 2.75. The Bertz CT molecular complexity index is 714. The van der Waals surface area contributed by atoms with Crippen LogP contribution < -0.4 is 5.32 Å². The summed E-state index contributed by atoms with van der Waals surface area (Å²) in [6, 6.07) is 3.87. The maximum Gasteiger partial charge on any atom is 0.255 e.